The first-order valence-corrected chi connectivity index (χ1v) is 6.47. The molecule has 0 saturated carbocycles. The van der Waals surface area contributed by atoms with Gasteiger partial charge < -0.3 is 20.5 Å². The normalized spacial score (nSPS) is 13.1. The molecule has 3 rings (SSSR count). The Morgan fingerprint density at radius 3 is 2.68 bits per heavy atom. The molecule has 2 heterocycles. The molecule has 1 aliphatic rings. The summed E-state index contributed by atoms with van der Waals surface area (Å²) in [7, 11) is 0. The molecule has 98 valence electrons. The van der Waals surface area contributed by atoms with E-state index in [1.807, 2.05) is 18.2 Å². The highest BCUT2D eigenvalue weighted by Crippen LogP contribution is 2.33. The Labute approximate surface area is 118 Å². The lowest BCUT2D eigenvalue weighted by atomic mass is 10.2. The number of hydrogen-bond donors (Lipinski definition) is 2. The first kappa shape index (κ1) is 12.0. The fourth-order valence-electron chi connectivity index (χ4n) is 1.74. The van der Waals surface area contributed by atoms with Crippen LogP contribution in [-0.2, 0) is 0 Å². The Hall–Kier alpha value is -2.02. The van der Waals surface area contributed by atoms with E-state index in [0.29, 0.717) is 35.3 Å². The maximum atomic E-state index is 5.66. The molecule has 1 aromatic heterocycles. The van der Waals surface area contributed by atoms with Crippen LogP contribution in [0.3, 0.4) is 0 Å². The monoisotopic (exact) mass is 322 g/mol. The zero-order valence-electron chi connectivity index (χ0n) is 9.89. The van der Waals surface area contributed by atoms with E-state index >= 15 is 0 Å². The number of nitrogen functional groups attached to an aromatic ring is 1. The SMILES string of the molecule is Nc1cc(Br)nc(Nc2ccc3c(c2)OCCO3)n1. The molecule has 3 N–H and O–H groups in total. The molecule has 6 nitrogen and oxygen atoms in total. The molecule has 7 heteroatoms. The molecule has 0 bridgehead atoms. The van der Waals surface area contributed by atoms with Crippen molar-refractivity contribution in [2.45, 2.75) is 0 Å². The third-order valence-corrected chi connectivity index (χ3v) is 2.92. The summed E-state index contributed by atoms with van der Waals surface area (Å²) in [5.41, 5.74) is 6.47. The highest BCUT2D eigenvalue weighted by Gasteiger charge is 2.12. The largest absolute Gasteiger partial charge is 0.486 e. The Morgan fingerprint density at radius 1 is 1.11 bits per heavy atom. The Kier molecular flexibility index (Phi) is 3.12. The molecular weight excluding hydrogens is 312 g/mol. The van der Waals surface area contributed by atoms with Gasteiger partial charge in [0.05, 0.1) is 0 Å². The second-order valence-corrected chi connectivity index (χ2v) is 4.74. The van der Waals surface area contributed by atoms with E-state index in [1.165, 1.54) is 0 Å². The van der Waals surface area contributed by atoms with Gasteiger partial charge in [0, 0.05) is 17.8 Å². The van der Waals surface area contributed by atoms with Crippen LogP contribution in [0.4, 0.5) is 17.5 Å². The summed E-state index contributed by atoms with van der Waals surface area (Å²) in [5, 5.41) is 3.07. The molecule has 1 aromatic carbocycles. The number of ether oxygens (including phenoxy) is 2. The second kappa shape index (κ2) is 4.93. The number of benzene rings is 1. The number of rotatable bonds is 2. The van der Waals surface area contributed by atoms with E-state index in [9.17, 15) is 0 Å². The topological polar surface area (TPSA) is 82.3 Å². The number of hydrogen-bond acceptors (Lipinski definition) is 6. The van der Waals surface area contributed by atoms with Crippen molar-refractivity contribution in [2.24, 2.45) is 0 Å². The standard InChI is InChI=1S/C12H11BrN4O2/c13-10-6-11(14)17-12(16-10)15-7-1-2-8-9(5-7)19-4-3-18-8/h1-2,5-6H,3-4H2,(H3,14,15,16,17). The molecule has 0 amide bonds. The summed E-state index contributed by atoms with van der Waals surface area (Å²) < 4.78 is 11.6. The highest BCUT2D eigenvalue weighted by molar-refractivity contribution is 9.10. The summed E-state index contributed by atoms with van der Waals surface area (Å²) in [5.74, 6) is 2.26. The average Bonchev–Trinajstić information content (AvgIpc) is 2.37. The van der Waals surface area contributed by atoms with Crippen LogP contribution >= 0.6 is 15.9 Å². The van der Waals surface area contributed by atoms with Crippen LogP contribution in [0, 0.1) is 0 Å². The third kappa shape index (κ3) is 2.70. The van der Waals surface area contributed by atoms with Crippen molar-refractivity contribution >= 4 is 33.4 Å². The molecule has 19 heavy (non-hydrogen) atoms. The molecule has 0 saturated heterocycles. The third-order valence-electron chi connectivity index (χ3n) is 2.51. The van der Waals surface area contributed by atoms with Gasteiger partial charge in [-0.15, -0.1) is 0 Å². The number of nitrogens with two attached hydrogens (primary N) is 1. The van der Waals surface area contributed by atoms with Crippen LogP contribution in [0.2, 0.25) is 0 Å². The van der Waals surface area contributed by atoms with Gasteiger partial charge in [-0.3, -0.25) is 0 Å². The Morgan fingerprint density at radius 2 is 1.89 bits per heavy atom. The van der Waals surface area contributed by atoms with Crippen molar-refractivity contribution in [3.63, 3.8) is 0 Å². The second-order valence-electron chi connectivity index (χ2n) is 3.92. The molecule has 0 fully saturated rings. The number of nitrogens with zero attached hydrogens (tertiary/aromatic N) is 2. The van der Waals surface area contributed by atoms with Gasteiger partial charge in [-0.25, -0.2) is 4.98 Å². The van der Waals surface area contributed by atoms with Crippen molar-refractivity contribution in [2.75, 3.05) is 24.3 Å². The maximum absolute atomic E-state index is 5.66. The van der Waals surface area contributed by atoms with Gasteiger partial charge in [-0.1, -0.05) is 0 Å². The number of halogens is 1. The van der Waals surface area contributed by atoms with Gasteiger partial charge in [-0.05, 0) is 28.1 Å². The fourth-order valence-corrected chi connectivity index (χ4v) is 2.14. The number of anilines is 3. The van der Waals surface area contributed by atoms with E-state index in [-0.39, 0.29) is 0 Å². The van der Waals surface area contributed by atoms with E-state index in [2.05, 4.69) is 31.2 Å². The lowest BCUT2D eigenvalue weighted by molar-refractivity contribution is 0.171. The van der Waals surface area contributed by atoms with Crippen LogP contribution in [-0.4, -0.2) is 23.2 Å². The van der Waals surface area contributed by atoms with Crippen LogP contribution in [0.1, 0.15) is 0 Å². The quantitative estimate of drug-likeness (QED) is 0.826. The van der Waals surface area contributed by atoms with Crippen molar-refractivity contribution < 1.29 is 9.47 Å². The first-order valence-electron chi connectivity index (χ1n) is 5.67. The summed E-state index contributed by atoms with van der Waals surface area (Å²) >= 11 is 3.27. The molecule has 2 aromatic rings. The van der Waals surface area contributed by atoms with Crippen molar-refractivity contribution in [1.29, 1.82) is 0 Å². The predicted molar refractivity (Wildman–Crippen MR) is 74.9 cm³/mol. The van der Waals surface area contributed by atoms with Crippen molar-refractivity contribution in [3.8, 4) is 11.5 Å². The number of fused-ring (bicyclic) bond motifs is 1. The molecule has 0 aliphatic carbocycles. The molecule has 0 unspecified atom stereocenters. The Bertz CT molecular complexity index is 600. The summed E-state index contributed by atoms with van der Waals surface area (Å²) in [4.78, 5) is 8.28. The molecule has 0 radical (unpaired) electrons. The summed E-state index contributed by atoms with van der Waals surface area (Å²) in [6.45, 7) is 1.13. The minimum Gasteiger partial charge on any atom is -0.486 e. The van der Waals surface area contributed by atoms with Crippen LogP contribution in [0.5, 0.6) is 11.5 Å². The summed E-state index contributed by atoms with van der Waals surface area (Å²) in [6.07, 6.45) is 0. The average molecular weight is 323 g/mol. The predicted octanol–water partition coefficient (Wildman–Crippen LogP) is 2.34. The van der Waals surface area contributed by atoms with Gasteiger partial charge in [-0.2, -0.15) is 4.98 Å². The highest BCUT2D eigenvalue weighted by atomic mass is 79.9. The van der Waals surface area contributed by atoms with Crippen molar-refractivity contribution in [1.82, 2.24) is 9.97 Å². The minimum atomic E-state index is 0.391. The molecule has 1 aliphatic heterocycles. The fraction of sp³-hybridized carbons (Fsp3) is 0.167. The van der Waals surface area contributed by atoms with Gasteiger partial charge in [0.2, 0.25) is 5.95 Å². The van der Waals surface area contributed by atoms with Crippen LogP contribution in [0.15, 0.2) is 28.9 Å². The van der Waals surface area contributed by atoms with Crippen molar-refractivity contribution in [3.05, 3.63) is 28.9 Å². The lowest BCUT2D eigenvalue weighted by Crippen LogP contribution is -2.15. The van der Waals surface area contributed by atoms with Gasteiger partial charge in [0.25, 0.3) is 0 Å². The molecular formula is C12H11BrN4O2. The summed E-state index contributed by atoms with van der Waals surface area (Å²) in [6, 6.07) is 7.19. The van der Waals surface area contributed by atoms with Crippen LogP contribution < -0.4 is 20.5 Å². The van der Waals surface area contributed by atoms with Gasteiger partial charge in [0.1, 0.15) is 23.6 Å². The first-order chi connectivity index (χ1) is 9.20. The van der Waals surface area contributed by atoms with E-state index < -0.39 is 0 Å². The zero-order valence-corrected chi connectivity index (χ0v) is 11.5. The zero-order chi connectivity index (χ0) is 13.2. The number of aromatic nitrogens is 2. The van der Waals surface area contributed by atoms with E-state index in [4.69, 9.17) is 15.2 Å². The smallest absolute Gasteiger partial charge is 0.230 e. The van der Waals surface area contributed by atoms with Crippen LogP contribution in [0.25, 0.3) is 0 Å². The Balaban J connectivity index is 1.86. The van der Waals surface area contributed by atoms with E-state index in [0.717, 1.165) is 11.4 Å². The van der Waals surface area contributed by atoms with Gasteiger partial charge >= 0.3 is 0 Å². The van der Waals surface area contributed by atoms with Gasteiger partial charge in [0.15, 0.2) is 11.5 Å². The lowest BCUT2D eigenvalue weighted by Gasteiger charge is -2.19. The minimum absolute atomic E-state index is 0.391. The molecule has 0 atom stereocenters. The number of nitrogens with one attached hydrogen (secondary N) is 1. The maximum Gasteiger partial charge on any atom is 0.230 e. The molecule has 0 spiro atoms. The van der Waals surface area contributed by atoms with E-state index in [1.54, 1.807) is 6.07 Å².